The number of aliphatic carboxylic acids is 1. The molecule has 1 heterocycles. The van der Waals surface area contributed by atoms with Gasteiger partial charge in [0.15, 0.2) is 0 Å². The molecule has 1 aliphatic rings. The van der Waals surface area contributed by atoms with Gasteiger partial charge in [0.25, 0.3) is 0 Å². The lowest BCUT2D eigenvalue weighted by Gasteiger charge is -1.89. The number of nitrogens with zero attached hydrogens (tertiary/aromatic N) is 1. The van der Waals surface area contributed by atoms with E-state index in [1.54, 1.807) is 6.21 Å². The first kappa shape index (κ1) is 6.48. The first-order valence-electron chi connectivity index (χ1n) is 2.36. The molecule has 0 unspecified atom stereocenters. The third kappa shape index (κ3) is 1.18. The van der Waals surface area contributed by atoms with Crippen molar-refractivity contribution in [3.8, 4) is 0 Å². The maximum absolute atomic E-state index is 10.2. The summed E-state index contributed by atoms with van der Waals surface area (Å²) in [6, 6.07) is 0. The topological polar surface area (TPSA) is 49.7 Å². The maximum Gasteiger partial charge on any atom is 0.334 e. The van der Waals surface area contributed by atoms with E-state index in [0.717, 1.165) is 0 Å². The standard InChI is InChI=1S/C5H4BrNO2/c6-4-3(5(8)9)1-2-7-4/h2H,1H2,(H,8,9). The second kappa shape index (κ2) is 2.31. The van der Waals surface area contributed by atoms with E-state index in [9.17, 15) is 4.79 Å². The van der Waals surface area contributed by atoms with E-state index in [2.05, 4.69) is 20.9 Å². The molecule has 0 aliphatic carbocycles. The van der Waals surface area contributed by atoms with E-state index in [0.29, 0.717) is 16.6 Å². The smallest absolute Gasteiger partial charge is 0.334 e. The van der Waals surface area contributed by atoms with E-state index in [-0.39, 0.29) is 0 Å². The van der Waals surface area contributed by atoms with Gasteiger partial charge in [-0.2, -0.15) is 0 Å². The predicted molar refractivity (Wildman–Crippen MR) is 36.7 cm³/mol. The Hall–Kier alpha value is -0.640. The number of hydrogen-bond acceptors (Lipinski definition) is 2. The van der Waals surface area contributed by atoms with Gasteiger partial charge in [0.2, 0.25) is 0 Å². The van der Waals surface area contributed by atoms with E-state index < -0.39 is 5.97 Å². The van der Waals surface area contributed by atoms with Crippen molar-refractivity contribution < 1.29 is 9.90 Å². The van der Waals surface area contributed by atoms with Crippen LogP contribution in [0.2, 0.25) is 0 Å². The van der Waals surface area contributed by atoms with Crippen LogP contribution in [0.1, 0.15) is 6.42 Å². The first-order valence-corrected chi connectivity index (χ1v) is 3.15. The second-order valence-corrected chi connectivity index (χ2v) is 2.34. The summed E-state index contributed by atoms with van der Waals surface area (Å²) >= 11 is 3.01. The van der Waals surface area contributed by atoms with Crippen molar-refractivity contribution in [2.75, 3.05) is 0 Å². The van der Waals surface area contributed by atoms with E-state index in [4.69, 9.17) is 5.11 Å². The number of carboxylic acids is 1. The van der Waals surface area contributed by atoms with Crippen LogP contribution < -0.4 is 0 Å². The zero-order chi connectivity index (χ0) is 6.85. The lowest BCUT2D eigenvalue weighted by atomic mass is 10.2. The quantitative estimate of drug-likeness (QED) is 0.630. The van der Waals surface area contributed by atoms with Crippen molar-refractivity contribution in [1.82, 2.24) is 0 Å². The van der Waals surface area contributed by atoms with Gasteiger partial charge in [-0.1, -0.05) is 0 Å². The molecule has 0 radical (unpaired) electrons. The van der Waals surface area contributed by atoms with Crippen molar-refractivity contribution in [3.63, 3.8) is 0 Å². The van der Waals surface area contributed by atoms with Gasteiger partial charge < -0.3 is 5.11 Å². The van der Waals surface area contributed by atoms with E-state index in [1.807, 2.05) is 0 Å². The third-order valence-corrected chi connectivity index (χ3v) is 1.69. The van der Waals surface area contributed by atoms with Gasteiger partial charge in [0.05, 0.1) is 5.57 Å². The van der Waals surface area contributed by atoms with Crippen LogP contribution in [0, 0.1) is 0 Å². The van der Waals surface area contributed by atoms with Crippen LogP contribution in [0.15, 0.2) is 15.2 Å². The zero-order valence-corrected chi connectivity index (χ0v) is 6.05. The molecule has 1 rings (SSSR count). The molecular formula is C5H4BrNO2. The Morgan fingerprint density at radius 2 is 2.56 bits per heavy atom. The van der Waals surface area contributed by atoms with E-state index >= 15 is 0 Å². The Balaban J connectivity index is 2.85. The first-order chi connectivity index (χ1) is 4.22. The van der Waals surface area contributed by atoms with Crippen molar-refractivity contribution in [2.24, 2.45) is 4.99 Å². The Bertz CT molecular complexity index is 207. The molecular weight excluding hydrogens is 186 g/mol. The molecule has 4 heteroatoms. The Labute approximate surface area is 60.2 Å². The average Bonchev–Trinajstić information content (AvgIpc) is 2.13. The normalized spacial score (nSPS) is 17.0. The van der Waals surface area contributed by atoms with Crippen LogP contribution in [0.4, 0.5) is 0 Å². The van der Waals surface area contributed by atoms with Crippen molar-refractivity contribution in [2.45, 2.75) is 6.42 Å². The monoisotopic (exact) mass is 189 g/mol. The Kier molecular flexibility index (Phi) is 1.66. The summed E-state index contributed by atoms with van der Waals surface area (Å²) in [5.41, 5.74) is 0.329. The maximum atomic E-state index is 10.2. The second-order valence-electron chi connectivity index (χ2n) is 1.59. The number of carbonyl (C=O) groups is 1. The van der Waals surface area contributed by atoms with Gasteiger partial charge in [-0.05, 0) is 15.9 Å². The molecule has 0 spiro atoms. The predicted octanol–water partition coefficient (Wildman–Crippen LogP) is 1.15. The molecule has 9 heavy (non-hydrogen) atoms. The van der Waals surface area contributed by atoms with Crippen LogP contribution in [0.3, 0.4) is 0 Å². The van der Waals surface area contributed by atoms with Gasteiger partial charge in [-0.15, -0.1) is 0 Å². The Morgan fingerprint density at radius 1 is 1.89 bits per heavy atom. The summed E-state index contributed by atoms with van der Waals surface area (Å²) in [7, 11) is 0. The van der Waals surface area contributed by atoms with E-state index in [1.165, 1.54) is 0 Å². The SMILES string of the molecule is O=C(O)C1=C(Br)N=CC1. The number of hydrogen-bond donors (Lipinski definition) is 1. The minimum Gasteiger partial charge on any atom is -0.478 e. The van der Waals surface area contributed by atoms with Gasteiger partial charge in [-0.25, -0.2) is 4.79 Å². The number of carboxylic acid groups (broad SMARTS) is 1. The summed E-state index contributed by atoms with van der Waals surface area (Å²) in [4.78, 5) is 14.0. The van der Waals surface area contributed by atoms with Crippen molar-refractivity contribution in [1.29, 1.82) is 0 Å². The summed E-state index contributed by atoms with van der Waals surface area (Å²) in [6.45, 7) is 0. The van der Waals surface area contributed by atoms with Crippen molar-refractivity contribution >= 4 is 28.1 Å². The lowest BCUT2D eigenvalue weighted by Crippen LogP contribution is -1.98. The molecule has 1 N–H and O–H groups in total. The number of rotatable bonds is 1. The highest BCUT2D eigenvalue weighted by Crippen LogP contribution is 2.20. The number of halogens is 1. The fraction of sp³-hybridized carbons (Fsp3) is 0.200. The minimum atomic E-state index is -0.903. The summed E-state index contributed by atoms with van der Waals surface area (Å²) in [6.07, 6.45) is 1.99. The summed E-state index contributed by atoms with van der Waals surface area (Å²) in [5.74, 6) is -0.903. The molecule has 3 nitrogen and oxygen atoms in total. The molecule has 0 aromatic rings. The molecule has 0 atom stereocenters. The molecule has 1 aliphatic heterocycles. The average molecular weight is 190 g/mol. The highest BCUT2D eigenvalue weighted by atomic mass is 79.9. The third-order valence-electron chi connectivity index (χ3n) is 1.01. The highest BCUT2D eigenvalue weighted by molar-refractivity contribution is 9.11. The van der Waals surface area contributed by atoms with Gasteiger partial charge in [-0.3, -0.25) is 4.99 Å². The summed E-state index contributed by atoms with van der Waals surface area (Å²) in [5, 5.41) is 8.42. The van der Waals surface area contributed by atoms with Gasteiger partial charge in [0.1, 0.15) is 4.61 Å². The Morgan fingerprint density at radius 3 is 2.78 bits per heavy atom. The van der Waals surface area contributed by atoms with Crippen LogP contribution in [-0.2, 0) is 4.79 Å². The minimum absolute atomic E-state index is 0.329. The molecule has 48 valence electrons. The molecule has 0 amide bonds. The fourth-order valence-corrected chi connectivity index (χ4v) is 1.03. The molecule has 0 aromatic heterocycles. The van der Waals surface area contributed by atoms with Crippen LogP contribution >= 0.6 is 15.9 Å². The van der Waals surface area contributed by atoms with Crippen LogP contribution in [-0.4, -0.2) is 17.3 Å². The molecule has 0 aromatic carbocycles. The lowest BCUT2D eigenvalue weighted by molar-refractivity contribution is -0.132. The fourth-order valence-electron chi connectivity index (χ4n) is 0.555. The van der Waals surface area contributed by atoms with Gasteiger partial charge >= 0.3 is 5.97 Å². The van der Waals surface area contributed by atoms with Crippen LogP contribution in [0.5, 0.6) is 0 Å². The summed E-state index contributed by atoms with van der Waals surface area (Å²) < 4.78 is 0.440. The molecule has 0 fully saturated rings. The molecule has 0 saturated heterocycles. The number of aliphatic imine (C=N–C) groups is 1. The zero-order valence-electron chi connectivity index (χ0n) is 4.47. The molecule has 0 bridgehead atoms. The van der Waals surface area contributed by atoms with Crippen molar-refractivity contribution in [3.05, 3.63) is 10.2 Å². The molecule has 0 saturated carbocycles. The van der Waals surface area contributed by atoms with Gasteiger partial charge in [0, 0.05) is 12.6 Å². The highest BCUT2D eigenvalue weighted by Gasteiger charge is 2.14. The van der Waals surface area contributed by atoms with Crippen LogP contribution in [0.25, 0.3) is 0 Å². The largest absolute Gasteiger partial charge is 0.478 e.